The van der Waals surface area contributed by atoms with Gasteiger partial charge >= 0.3 is 6.09 Å². The van der Waals surface area contributed by atoms with E-state index in [0.29, 0.717) is 0 Å². The lowest BCUT2D eigenvalue weighted by atomic mass is 10.2. The molecule has 2 aliphatic carbocycles. The van der Waals surface area contributed by atoms with E-state index >= 15 is 0 Å². The number of sulfonamides is 1. The highest BCUT2D eigenvalue weighted by molar-refractivity contribution is 7.91. The molecule has 24 heavy (non-hydrogen) atoms. The SMILES string of the molecule is CC(C)(C)OC(=O)N[C@]1(C(=O)NS(=O)(=O)C2(F)CC2)C[C@H]1C(F)F. The van der Waals surface area contributed by atoms with E-state index in [1.165, 1.54) is 25.5 Å². The molecule has 2 aliphatic rings. The average molecular weight is 372 g/mol. The van der Waals surface area contributed by atoms with Crippen LogP contribution in [0, 0.1) is 5.92 Å². The second-order valence-corrected chi connectivity index (χ2v) is 9.00. The summed E-state index contributed by atoms with van der Waals surface area (Å²) < 4.78 is 69.5. The Morgan fingerprint density at radius 3 is 2.17 bits per heavy atom. The van der Waals surface area contributed by atoms with Crippen molar-refractivity contribution in [1.29, 1.82) is 0 Å². The number of hydrogen-bond donors (Lipinski definition) is 2. The lowest BCUT2D eigenvalue weighted by Crippen LogP contribution is -2.54. The van der Waals surface area contributed by atoms with E-state index < -0.39 is 56.9 Å². The average Bonchev–Trinajstić information content (AvgIpc) is 3.23. The van der Waals surface area contributed by atoms with Gasteiger partial charge in [-0.25, -0.2) is 31.1 Å². The lowest BCUT2D eigenvalue weighted by molar-refractivity contribution is -0.123. The molecule has 138 valence electrons. The van der Waals surface area contributed by atoms with Crippen molar-refractivity contribution in [2.75, 3.05) is 0 Å². The van der Waals surface area contributed by atoms with Gasteiger partial charge in [-0.05, 0) is 27.2 Å². The molecule has 2 N–H and O–H groups in total. The molecular formula is C13H19F3N2O5S. The van der Waals surface area contributed by atoms with Crippen molar-refractivity contribution < 1.29 is 35.9 Å². The molecule has 2 fully saturated rings. The summed E-state index contributed by atoms with van der Waals surface area (Å²) in [5.74, 6) is -2.96. The topological polar surface area (TPSA) is 102 Å². The van der Waals surface area contributed by atoms with Crippen molar-refractivity contribution in [3.8, 4) is 0 Å². The molecule has 0 aromatic rings. The Balaban J connectivity index is 2.14. The number of carbonyl (C=O) groups is 2. The third-order valence-electron chi connectivity index (χ3n) is 3.80. The summed E-state index contributed by atoms with van der Waals surface area (Å²) in [5.41, 5.74) is -3.07. The molecule has 2 rings (SSSR count). The van der Waals surface area contributed by atoms with Crippen LogP contribution < -0.4 is 10.0 Å². The molecule has 2 atom stereocenters. The third-order valence-corrected chi connectivity index (χ3v) is 5.63. The van der Waals surface area contributed by atoms with Gasteiger partial charge in [-0.15, -0.1) is 0 Å². The molecule has 0 aromatic carbocycles. The first kappa shape index (κ1) is 18.8. The second kappa shape index (κ2) is 5.50. The smallest absolute Gasteiger partial charge is 0.408 e. The van der Waals surface area contributed by atoms with Crippen LogP contribution in [0.25, 0.3) is 0 Å². The van der Waals surface area contributed by atoms with Gasteiger partial charge in [0.25, 0.3) is 15.9 Å². The number of alkyl halides is 3. The highest BCUT2D eigenvalue weighted by atomic mass is 32.2. The minimum atomic E-state index is -4.65. The molecule has 7 nitrogen and oxygen atoms in total. The number of rotatable bonds is 5. The van der Waals surface area contributed by atoms with E-state index in [9.17, 15) is 31.2 Å². The molecular weight excluding hydrogens is 353 g/mol. The van der Waals surface area contributed by atoms with Gasteiger partial charge in [0.05, 0.1) is 5.92 Å². The van der Waals surface area contributed by atoms with Gasteiger partial charge < -0.3 is 10.1 Å². The van der Waals surface area contributed by atoms with Gasteiger partial charge in [0.15, 0.2) is 0 Å². The molecule has 0 radical (unpaired) electrons. The quantitative estimate of drug-likeness (QED) is 0.760. The standard InChI is InChI=1S/C13H19F3N2O5S/c1-11(2,3)23-10(20)17-13(6-7(13)8(14)15)9(19)18-24(21,22)12(16)4-5-12/h7-8H,4-6H2,1-3H3,(H,17,20)(H,18,19)/t7-,13+/m0/s1. The zero-order valence-electron chi connectivity index (χ0n) is 13.4. The number of carbonyl (C=O) groups excluding carboxylic acids is 2. The van der Waals surface area contributed by atoms with Crippen molar-refractivity contribution in [2.24, 2.45) is 5.92 Å². The van der Waals surface area contributed by atoms with Gasteiger partial charge in [0, 0.05) is 12.8 Å². The summed E-state index contributed by atoms with van der Waals surface area (Å²) in [6.45, 7) is 4.59. The predicted molar refractivity (Wildman–Crippen MR) is 76.3 cm³/mol. The number of alkyl carbamates (subject to hydrolysis) is 1. The molecule has 2 amide bonds. The molecule has 0 aromatic heterocycles. The van der Waals surface area contributed by atoms with Gasteiger partial charge in [-0.2, -0.15) is 0 Å². The first-order valence-corrected chi connectivity index (χ1v) is 8.76. The van der Waals surface area contributed by atoms with Gasteiger partial charge in [0.2, 0.25) is 11.4 Å². The molecule has 0 unspecified atom stereocenters. The summed E-state index contributed by atoms with van der Waals surface area (Å²) in [4.78, 5) is 24.0. The second-order valence-electron chi connectivity index (χ2n) is 7.06. The number of amides is 2. The minimum Gasteiger partial charge on any atom is -0.444 e. The van der Waals surface area contributed by atoms with Gasteiger partial charge in [-0.1, -0.05) is 0 Å². The van der Waals surface area contributed by atoms with Gasteiger partial charge in [0.1, 0.15) is 11.1 Å². The van der Waals surface area contributed by atoms with Crippen molar-refractivity contribution in [1.82, 2.24) is 10.0 Å². The molecule has 0 bridgehead atoms. The minimum absolute atomic E-state index is 0.277. The van der Waals surface area contributed by atoms with E-state index in [1.54, 1.807) is 0 Å². The van der Waals surface area contributed by atoms with Crippen LogP contribution in [0.1, 0.15) is 40.0 Å². The Morgan fingerprint density at radius 1 is 1.25 bits per heavy atom. The Hall–Kier alpha value is -1.52. The Morgan fingerprint density at radius 2 is 1.79 bits per heavy atom. The molecule has 0 heterocycles. The molecule has 0 saturated heterocycles. The van der Waals surface area contributed by atoms with Crippen LogP contribution in [0.5, 0.6) is 0 Å². The largest absolute Gasteiger partial charge is 0.444 e. The molecule has 0 aliphatic heterocycles. The highest BCUT2D eigenvalue weighted by Crippen LogP contribution is 2.49. The number of nitrogens with one attached hydrogen (secondary N) is 2. The van der Waals surface area contributed by atoms with Crippen LogP contribution in [0.15, 0.2) is 0 Å². The fourth-order valence-electron chi connectivity index (χ4n) is 2.21. The summed E-state index contributed by atoms with van der Waals surface area (Å²) in [6.07, 6.45) is -5.13. The van der Waals surface area contributed by atoms with Crippen molar-refractivity contribution in [3.63, 3.8) is 0 Å². The molecule has 11 heteroatoms. The zero-order chi connectivity index (χ0) is 18.6. The van der Waals surface area contributed by atoms with E-state index in [-0.39, 0.29) is 12.8 Å². The highest BCUT2D eigenvalue weighted by Gasteiger charge is 2.67. The van der Waals surface area contributed by atoms with Crippen molar-refractivity contribution >= 4 is 22.0 Å². The molecule has 0 spiro atoms. The summed E-state index contributed by atoms with van der Waals surface area (Å²) in [6, 6.07) is 0. The first-order valence-electron chi connectivity index (χ1n) is 7.27. The maximum absolute atomic E-state index is 13.7. The van der Waals surface area contributed by atoms with E-state index in [0.717, 1.165) is 0 Å². The van der Waals surface area contributed by atoms with E-state index in [1.807, 2.05) is 5.32 Å². The Labute approximate surface area is 137 Å². The maximum atomic E-state index is 13.7. The Kier molecular flexibility index (Phi) is 4.31. The van der Waals surface area contributed by atoms with Crippen LogP contribution in [0.2, 0.25) is 0 Å². The van der Waals surface area contributed by atoms with Crippen molar-refractivity contribution in [3.05, 3.63) is 0 Å². The fraction of sp³-hybridized carbons (Fsp3) is 0.846. The van der Waals surface area contributed by atoms with Gasteiger partial charge in [-0.3, -0.25) is 4.79 Å². The van der Waals surface area contributed by atoms with Crippen LogP contribution in [-0.2, 0) is 19.6 Å². The summed E-state index contributed by atoms with van der Waals surface area (Å²) in [7, 11) is -4.65. The first-order chi connectivity index (χ1) is 10.7. The summed E-state index contributed by atoms with van der Waals surface area (Å²) >= 11 is 0. The number of hydrogen-bond acceptors (Lipinski definition) is 5. The number of halogens is 3. The van der Waals surface area contributed by atoms with Crippen LogP contribution in [0.3, 0.4) is 0 Å². The van der Waals surface area contributed by atoms with Crippen molar-refractivity contribution in [2.45, 2.75) is 62.6 Å². The van der Waals surface area contributed by atoms with Crippen LogP contribution in [-0.4, -0.2) is 43.0 Å². The van der Waals surface area contributed by atoms with E-state index in [4.69, 9.17) is 4.74 Å². The third kappa shape index (κ3) is 3.60. The monoisotopic (exact) mass is 372 g/mol. The predicted octanol–water partition coefficient (Wildman–Crippen LogP) is 1.44. The zero-order valence-corrected chi connectivity index (χ0v) is 14.2. The molecule has 2 saturated carbocycles. The fourth-order valence-corrected chi connectivity index (χ4v) is 3.46. The Bertz CT molecular complexity index is 657. The maximum Gasteiger partial charge on any atom is 0.408 e. The normalized spacial score (nSPS) is 28.2. The van der Waals surface area contributed by atoms with E-state index in [2.05, 4.69) is 0 Å². The van der Waals surface area contributed by atoms with Crippen LogP contribution in [0.4, 0.5) is 18.0 Å². The lowest BCUT2D eigenvalue weighted by Gasteiger charge is -2.24. The number of ether oxygens (including phenoxy) is 1. The van der Waals surface area contributed by atoms with Crippen LogP contribution >= 0.6 is 0 Å². The summed E-state index contributed by atoms with van der Waals surface area (Å²) in [5, 5.41) is -0.555.